The van der Waals surface area contributed by atoms with Crippen LogP contribution in [-0.2, 0) is 0 Å². The molecule has 0 radical (unpaired) electrons. The number of aryl methyl sites for hydroxylation is 1. The van der Waals surface area contributed by atoms with Gasteiger partial charge in [-0.15, -0.1) is 0 Å². The Morgan fingerprint density at radius 2 is 1.82 bits per heavy atom. The zero-order valence-electron chi connectivity index (χ0n) is 9.74. The van der Waals surface area contributed by atoms with Crippen molar-refractivity contribution in [1.82, 2.24) is 4.98 Å². The van der Waals surface area contributed by atoms with E-state index in [1.54, 1.807) is 6.07 Å². The molecule has 1 atom stereocenters. The van der Waals surface area contributed by atoms with Crippen LogP contribution in [0.4, 0.5) is 8.78 Å². The summed E-state index contributed by atoms with van der Waals surface area (Å²) in [6, 6.07) is 7.88. The SMILES string of the molecule is Cc1cc(F)cc(C(C)c2ccc(F)cn2)c1. The Morgan fingerprint density at radius 1 is 1.06 bits per heavy atom. The van der Waals surface area contributed by atoms with Crippen molar-refractivity contribution in [3.63, 3.8) is 0 Å². The lowest BCUT2D eigenvalue weighted by Gasteiger charge is -2.12. The van der Waals surface area contributed by atoms with E-state index in [-0.39, 0.29) is 17.6 Å². The fourth-order valence-corrected chi connectivity index (χ4v) is 1.83. The Bertz CT molecular complexity index is 500. The number of pyridine rings is 1. The van der Waals surface area contributed by atoms with E-state index in [1.807, 2.05) is 19.9 Å². The van der Waals surface area contributed by atoms with Gasteiger partial charge in [-0.25, -0.2) is 8.78 Å². The Balaban J connectivity index is 2.36. The first-order valence-electron chi connectivity index (χ1n) is 5.45. The number of hydrogen-bond acceptors (Lipinski definition) is 1. The second-order valence-electron chi connectivity index (χ2n) is 4.18. The van der Waals surface area contributed by atoms with Crippen molar-refractivity contribution in [2.45, 2.75) is 19.8 Å². The molecule has 88 valence electrons. The van der Waals surface area contributed by atoms with E-state index < -0.39 is 0 Å². The summed E-state index contributed by atoms with van der Waals surface area (Å²) in [6.45, 7) is 3.77. The summed E-state index contributed by atoms with van der Waals surface area (Å²) in [5.41, 5.74) is 2.45. The summed E-state index contributed by atoms with van der Waals surface area (Å²) >= 11 is 0. The summed E-state index contributed by atoms with van der Waals surface area (Å²) in [5, 5.41) is 0. The van der Waals surface area contributed by atoms with Gasteiger partial charge in [0, 0.05) is 11.6 Å². The Morgan fingerprint density at radius 3 is 2.41 bits per heavy atom. The second kappa shape index (κ2) is 4.62. The van der Waals surface area contributed by atoms with Crippen LogP contribution in [0.1, 0.15) is 29.7 Å². The lowest BCUT2D eigenvalue weighted by atomic mass is 9.96. The molecular formula is C14H13F2N. The highest BCUT2D eigenvalue weighted by Crippen LogP contribution is 2.24. The molecule has 1 aromatic heterocycles. The standard InChI is InChI=1S/C14H13F2N/c1-9-5-11(7-13(16)6-9)10(2)14-4-3-12(15)8-17-14/h3-8,10H,1-2H3. The van der Waals surface area contributed by atoms with Gasteiger partial charge in [-0.05, 0) is 42.3 Å². The first kappa shape index (κ1) is 11.7. The van der Waals surface area contributed by atoms with Crippen LogP contribution in [0.15, 0.2) is 36.5 Å². The molecule has 1 nitrogen and oxygen atoms in total. The van der Waals surface area contributed by atoms with Gasteiger partial charge < -0.3 is 0 Å². The third kappa shape index (κ3) is 2.67. The number of hydrogen-bond donors (Lipinski definition) is 0. The van der Waals surface area contributed by atoms with E-state index in [9.17, 15) is 8.78 Å². The Kier molecular flexibility index (Phi) is 3.18. The molecule has 0 saturated heterocycles. The third-order valence-corrected chi connectivity index (χ3v) is 2.76. The van der Waals surface area contributed by atoms with Crippen LogP contribution in [0.25, 0.3) is 0 Å². The van der Waals surface area contributed by atoms with E-state index >= 15 is 0 Å². The monoisotopic (exact) mass is 233 g/mol. The largest absolute Gasteiger partial charge is 0.258 e. The van der Waals surface area contributed by atoms with Crippen molar-refractivity contribution in [3.8, 4) is 0 Å². The average Bonchev–Trinajstić information content (AvgIpc) is 2.28. The van der Waals surface area contributed by atoms with Gasteiger partial charge in [-0.2, -0.15) is 0 Å². The molecule has 0 aliphatic carbocycles. The van der Waals surface area contributed by atoms with Gasteiger partial charge >= 0.3 is 0 Å². The van der Waals surface area contributed by atoms with Crippen LogP contribution in [-0.4, -0.2) is 4.98 Å². The zero-order chi connectivity index (χ0) is 12.4. The Hall–Kier alpha value is -1.77. The molecule has 3 heteroatoms. The second-order valence-corrected chi connectivity index (χ2v) is 4.18. The van der Waals surface area contributed by atoms with Crippen molar-refractivity contribution >= 4 is 0 Å². The molecule has 0 bridgehead atoms. The average molecular weight is 233 g/mol. The van der Waals surface area contributed by atoms with Crippen molar-refractivity contribution < 1.29 is 8.78 Å². The third-order valence-electron chi connectivity index (χ3n) is 2.76. The van der Waals surface area contributed by atoms with Crippen LogP contribution >= 0.6 is 0 Å². The molecule has 2 rings (SSSR count). The van der Waals surface area contributed by atoms with Crippen molar-refractivity contribution in [1.29, 1.82) is 0 Å². The molecule has 2 aromatic rings. The van der Waals surface area contributed by atoms with Crippen LogP contribution in [0.3, 0.4) is 0 Å². The van der Waals surface area contributed by atoms with E-state index in [0.717, 1.165) is 16.8 Å². The fourth-order valence-electron chi connectivity index (χ4n) is 1.83. The maximum Gasteiger partial charge on any atom is 0.141 e. The maximum absolute atomic E-state index is 13.3. The first-order chi connectivity index (χ1) is 8.06. The number of benzene rings is 1. The molecule has 17 heavy (non-hydrogen) atoms. The highest BCUT2D eigenvalue weighted by molar-refractivity contribution is 5.31. The summed E-state index contributed by atoms with van der Waals surface area (Å²) < 4.78 is 26.0. The molecular weight excluding hydrogens is 220 g/mol. The van der Waals surface area contributed by atoms with Gasteiger partial charge in [0.2, 0.25) is 0 Å². The highest BCUT2D eigenvalue weighted by Gasteiger charge is 2.11. The predicted octanol–water partition coefficient (Wildman–Crippen LogP) is 3.82. The van der Waals surface area contributed by atoms with Gasteiger partial charge in [0.15, 0.2) is 0 Å². The van der Waals surface area contributed by atoms with Gasteiger partial charge in [0.25, 0.3) is 0 Å². The minimum atomic E-state index is -0.364. The zero-order valence-corrected chi connectivity index (χ0v) is 9.74. The van der Waals surface area contributed by atoms with Gasteiger partial charge in [-0.1, -0.05) is 13.0 Å². The minimum Gasteiger partial charge on any atom is -0.258 e. The molecule has 0 spiro atoms. The number of aromatic nitrogens is 1. The van der Waals surface area contributed by atoms with E-state index in [1.165, 1.54) is 24.4 Å². The Labute approximate surface area is 99.1 Å². The smallest absolute Gasteiger partial charge is 0.141 e. The summed E-state index contributed by atoms with van der Waals surface area (Å²) in [4.78, 5) is 4.02. The van der Waals surface area contributed by atoms with Crippen LogP contribution < -0.4 is 0 Å². The van der Waals surface area contributed by atoms with Gasteiger partial charge in [0.05, 0.1) is 6.20 Å². The van der Waals surface area contributed by atoms with Crippen LogP contribution in [0.5, 0.6) is 0 Å². The summed E-state index contributed by atoms with van der Waals surface area (Å²) in [7, 11) is 0. The van der Waals surface area contributed by atoms with Crippen molar-refractivity contribution in [2.24, 2.45) is 0 Å². The molecule has 1 heterocycles. The summed E-state index contributed by atoms with van der Waals surface area (Å²) in [5.74, 6) is -0.671. The number of halogens is 2. The molecule has 0 fully saturated rings. The van der Waals surface area contributed by atoms with Crippen LogP contribution in [0, 0.1) is 18.6 Å². The quantitative estimate of drug-likeness (QED) is 0.768. The van der Waals surface area contributed by atoms with Crippen LogP contribution in [0.2, 0.25) is 0 Å². The van der Waals surface area contributed by atoms with Crippen molar-refractivity contribution in [3.05, 3.63) is 65.0 Å². The van der Waals surface area contributed by atoms with Crippen molar-refractivity contribution in [2.75, 3.05) is 0 Å². The van der Waals surface area contributed by atoms with Gasteiger partial charge in [0.1, 0.15) is 11.6 Å². The number of nitrogens with zero attached hydrogens (tertiary/aromatic N) is 1. The first-order valence-corrected chi connectivity index (χ1v) is 5.45. The summed E-state index contributed by atoms with van der Waals surface area (Å²) in [6.07, 6.45) is 1.18. The molecule has 0 aliphatic rings. The highest BCUT2D eigenvalue weighted by atomic mass is 19.1. The maximum atomic E-state index is 13.3. The molecule has 0 N–H and O–H groups in total. The number of rotatable bonds is 2. The van der Waals surface area contributed by atoms with E-state index in [4.69, 9.17) is 0 Å². The van der Waals surface area contributed by atoms with E-state index in [0.29, 0.717) is 0 Å². The molecule has 0 saturated carbocycles. The minimum absolute atomic E-state index is 0.0509. The molecule has 1 aromatic carbocycles. The lowest BCUT2D eigenvalue weighted by molar-refractivity contribution is 0.615. The fraction of sp³-hybridized carbons (Fsp3) is 0.214. The lowest BCUT2D eigenvalue weighted by Crippen LogP contribution is -2.00. The normalized spacial score (nSPS) is 12.5. The predicted molar refractivity (Wildman–Crippen MR) is 62.8 cm³/mol. The van der Waals surface area contributed by atoms with E-state index in [2.05, 4.69) is 4.98 Å². The topological polar surface area (TPSA) is 12.9 Å². The van der Waals surface area contributed by atoms with Gasteiger partial charge in [-0.3, -0.25) is 4.98 Å². The molecule has 0 amide bonds. The molecule has 0 aliphatic heterocycles. The molecule has 1 unspecified atom stereocenters.